The van der Waals surface area contributed by atoms with E-state index >= 15 is 0 Å². The van der Waals surface area contributed by atoms with Gasteiger partial charge < -0.3 is 24.9 Å². The van der Waals surface area contributed by atoms with Gasteiger partial charge in [0.15, 0.2) is 0 Å². The molecule has 0 heterocycles. The van der Waals surface area contributed by atoms with E-state index in [0.717, 1.165) is 18.9 Å². The van der Waals surface area contributed by atoms with Gasteiger partial charge in [-0.05, 0) is 12.5 Å². The molecule has 0 aromatic carbocycles. The molecule has 0 amide bonds. The van der Waals surface area contributed by atoms with Gasteiger partial charge in [-0.2, -0.15) is 0 Å². The number of carbonyl (C=O) groups excluding carboxylic acids is 2. The predicted molar refractivity (Wildman–Crippen MR) is 129 cm³/mol. The Balaban J connectivity index is -0.000000972. The van der Waals surface area contributed by atoms with E-state index in [1.165, 1.54) is 89.9 Å². The van der Waals surface area contributed by atoms with Crippen LogP contribution in [0, 0.1) is 0 Å². The van der Waals surface area contributed by atoms with Crippen LogP contribution in [0.1, 0.15) is 110 Å². The summed E-state index contributed by atoms with van der Waals surface area (Å²) in [4.78, 5) is 40.3. The number of hydrogen-bond acceptors (Lipinski definition) is 6. The fraction of sp³-hybridized carbons (Fsp3) is 0.692. The second-order valence-electron chi connectivity index (χ2n) is 8.13. The molecule has 35 heavy (non-hydrogen) atoms. The van der Waals surface area contributed by atoms with E-state index in [1.807, 2.05) is 0 Å². The minimum absolute atomic E-state index is 0. The molecule has 0 saturated heterocycles. The molecule has 0 saturated carbocycles. The van der Waals surface area contributed by atoms with E-state index in [9.17, 15) is 24.3 Å². The molecule has 9 heteroatoms. The Hall–Kier alpha value is -1.64. The quantitative estimate of drug-likeness (QED) is 0.104. The molecule has 0 aliphatic rings. The number of carboxylic acid groups (broad SMARTS) is 3. The Morgan fingerprint density at radius 2 is 0.943 bits per heavy atom. The minimum Gasteiger partial charge on any atom is -0.545 e. The molecule has 0 atom stereocenters. The van der Waals surface area contributed by atoms with Gasteiger partial charge in [0.2, 0.25) is 0 Å². The van der Waals surface area contributed by atoms with Crippen molar-refractivity contribution in [2.75, 3.05) is 6.61 Å². The monoisotopic (exact) mass is 506 g/mol. The van der Waals surface area contributed by atoms with Gasteiger partial charge >= 0.3 is 47.5 Å². The Bertz CT molecular complexity index is 586. The van der Waals surface area contributed by atoms with Crippen molar-refractivity contribution in [3.63, 3.8) is 0 Å². The molecule has 0 spiro atoms. The SMILES string of the molecule is CCCCCCCCCCCCCCCCCCOC(=O)/C=C/C(=O)[O-].O=C(O)/C=C/C(=O)O.[Na+]. The summed E-state index contributed by atoms with van der Waals surface area (Å²) in [6.07, 6.45) is 23.6. The van der Waals surface area contributed by atoms with Gasteiger partial charge in [-0.25, -0.2) is 14.4 Å². The summed E-state index contributed by atoms with van der Waals surface area (Å²) in [5, 5.41) is 25.8. The first-order chi connectivity index (χ1) is 16.3. The number of ether oxygens (including phenoxy) is 1. The van der Waals surface area contributed by atoms with Gasteiger partial charge in [0.25, 0.3) is 0 Å². The molecule has 0 aromatic rings. The van der Waals surface area contributed by atoms with E-state index in [1.54, 1.807) is 0 Å². The third-order valence-electron chi connectivity index (χ3n) is 4.97. The molecule has 0 aliphatic carbocycles. The molecule has 0 fully saturated rings. The van der Waals surface area contributed by atoms with Crippen LogP contribution in [0.3, 0.4) is 0 Å². The molecule has 0 bridgehead atoms. The second-order valence-corrected chi connectivity index (χ2v) is 8.13. The molecule has 196 valence electrons. The number of carboxylic acids is 3. The third-order valence-corrected chi connectivity index (χ3v) is 4.97. The van der Waals surface area contributed by atoms with Crippen LogP contribution in [0.25, 0.3) is 0 Å². The predicted octanol–water partition coefficient (Wildman–Crippen LogP) is 1.81. The maximum Gasteiger partial charge on any atom is 1.00 e. The smallest absolute Gasteiger partial charge is 0.545 e. The molecule has 0 aromatic heterocycles. The zero-order chi connectivity index (χ0) is 25.9. The van der Waals surface area contributed by atoms with Crippen LogP contribution < -0.4 is 34.7 Å². The van der Waals surface area contributed by atoms with Gasteiger partial charge in [-0.15, -0.1) is 0 Å². The number of aliphatic carboxylic acids is 3. The van der Waals surface area contributed by atoms with Crippen LogP contribution in [0.2, 0.25) is 0 Å². The molecular weight excluding hydrogens is 463 g/mol. The van der Waals surface area contributed by atoms with Crippen molar-refractivity contribution in [2.45, 2.75) is 110 Å². The van der Waals surface area contributed by atoms with Crippen LogP contribution in [0.5, 0.6) is 0 Å². The van der Waals surface area contributed by atoms with E-state index in [2.05, 4.69) is 6.92 Å². The maximum absolute atomic E-state index is 11.1. The Kier molecular flexibility index (Phi) is 32.9. The first-order valence-electron chi connectivity index (χ1n) is 12.5. The van der Waals surface area contributed by atoms with Crippen LogP contribution in [0.4, 0.5) is 0 Å². The standard InChI is InChI=1S/C22H40O4.C4H4O4.Na/c1-2-3-4-5-6-7-8-9-10-11-12-13-14-15-16-17-20-26-22(25)19-18-21(23)24;5-3(6)1-2-4(7)8;/h18-19H,2-17,20H2,1H3,(H,23,24);1-2H,(H,5,6)(H,7,8);/q;;+1/p-1/b19-18+;2-1+;. The zero-order valence-corrected chi connectivity index (χ0v) is 23.7. The molecule has 8 nitrogen and oxygen atoms in total. The van der Waals surface area contributed by atoms with Crippen molar-refractivity contribution in [1.82, 2.24) is 0 Å². The summed E-state index contributed by atoms with van der Waals surface area (Å²) >= 11 is 0. The summed E-state index contributed by atoms with van der Waals surface area (Å²) in [6, 6.07) is 0. The van der Waals surface area contributed by atoms with Gasteiger partial charge in [-0.1, -0.05) is 103 Å². The van der Waals surface area contributed by atoms with Gasteiger partial charge in [0.1, 0.15) is 0 Å². The number of rotatable bonds is 21. The summed E-state index contributed by atoms with van der Waals surface area (Å²) in [6.45, 7) is 2.62. The summed E-state index contributed by atoms with van der Waals surface area (Å²) in [5.74, 6) is -4.51. The first kappa shape index (κ1) is 37.9. The molecular formula is C26H43NaO8. The summed E-state index contributed by atoms with van der Waals surface area (Å²) in [7, 11) is 0. The molecule has 0 rings (SSSR count). The van der Waals surface area contributed by atoms with Gasteiger partial charge in [-0.3, -0.25) is 0 Å². The van der Waals surface area contributed by atoms with Crippen LogP contribution in [-0.4, -0.2) is 40.7 Å². The van der Waals surface area contributed by atoms with Crippen molar-refractivity contribution in [3.05, 3.63) is 24.3 Å². The largest absolute Gasteiger partial charge is 1.00 e. The van der Waals surface area contributed by atoms with Gasteiger partial charge in [0.05, 0.1) is 12.6 Å². The summed E-state index contributed by atoms with van der Waals surface area (Å²) < 4.78 is 4.89. The second kappa shape index (κ2) is 30.4. The van der Waals surface area contributed by atoms with E-state index in [-0.39, 0.29) is 29.6 Å². The maximum atomic E-state index is 11.1. The van der Waals surface area contributed by atoms with Gasteiger partial charge in [0, 0.05) is 18.2 Å². The van der Waals surface area contributed by atoms with Crippen LogP contribution in [0.15, 0.2) is 24.3 Å². The summed E-state index contributed by atoms with van der Waals surface area (Å²) in [5.41, 5.74) is 0. The third kappa shape index (κ3) is 39.8. The molecule has 0 unspecified atom stereocenters. The minimum atomic E-state index is -1.38. The average Bonchev–Trinajstić information content (AvgIpc) is 2.78. The van der Waals surface area contributed by atoms with E-state index in [4.69, 9.17) is 14.9 Å². The Morgan fingerprint density at radius 1 is 0.600 bits per heavy atom. The van der Waals surface area contributed by atoms with Crippen molar-refractivity contribution < 1.29 is 68.8 Å². The fourth-order valence-corrected chi connectivity index (χ4v) is 3.15. The van der Waals surface area contributed by atoms with Crippen molar-refractivity contribution in [3.8, 4) is 0 Å². The van der Waals surface area contributed by atoms with Crippen molar-refractivity contribution in [1.29, 1.82) is 0 Å². The normalized spacial score (nSPS) is 10.4. The van der Waals surface area contributed by atoms with E-state index in [0.29, 0.717) is 24.8 Å². The van der Waals surface area contributed by atoms with E-state index < -0.39 is 23.9 Å². The zero-order valence-electron chi connectivity index (χ0n) is 21.7. The number of unbranched alkanes of at least 4 members (excludes halogenated alkanes) is 15. The Labute approximate surface area is 232 Å². The van der Waals surface area contributed by atoms with Crippen LogP contribution >= 0.6 is 0 Å². The Morgan fingerprint density at radius 3 is 1.26 bits per heavy atom. The number of hydrogen-bond donors (Lipinski definition) is 2. The van der Waals surface area contributed by atoms with Crippen LogP contribution in [-0.2, 0) is 23.9 Å². The topological polar surface area (TPSA) is 141 Å². The number of carbonyl (C=O) groups is 4. The average molecular weight is 507 g/mol. The number of esters is 1. The fourth-order valence-electron chi connectivity index (χ4n) is 3.15. The van der Waals surface area contributed by atoms with Crippen molar-refractivity contribution in [2.24, 2.45) is 0 Å². The molecule has 0 aliphatic heterocycles. The molecule has 0 radical (unpaired) electrons. The van der Waals surface area contributed by atoms with Crippen molar-refractivity contribution >= 4 is 23.9 Å². The molecule has 2 N–H and O–H groups in total. The first-order valence-corrected chi connectivity index (χ1v) is 12.5.